The first-order chi connectivity index (χ1) is 13.2. The van der Waals surface area contributed by atoms with Gasteiger partial charge in [-0.25, -0.2) is 4.98 Å². The summed E-state index contributed by atoms with van der Waals surface area (Å²) in [4.78, 5) is 32.0. The highest BCUT2D eigenvalue weighted by molar-refractivity contribution is 6.04. The molecular formula is C22H19N3O2. The molecular weight excluding hydrogens is 338 g/mol. The van der Waals surface area contributed by atoms with Crippen LogP contribution in [0.2, 0.25) is 0 Å². The van der Waals surface area contributed by atoms with Crippen molar-refractivity contribution in [3.63, 3.8) is 0 Å². The van der Waals surface area contributed by atoms with Gasteiger partial charge in [-0.05, 0) is 29.3 Å². The van der Waals surface area contributed by atoms with Crippen molar-refractivity contribution >= 4 is 17.6 Å². The van der Waals surface area contributed by atoms with Crippen molar-refractivity contribution < 1.29 is 9.59 Å². The summed E-state index contributed by atoms with van der Waals surface area (Å²) in [6, 6.07) is 21.9. The topological polar surface area (TPSA) is 62.3 Å². The van der Waals surface area contributed by atoms with Gasteiger partial charge in [-0.3, -0.25) is 9.59 Å². The van der Waals surface area contributed by atoms with E-state index in [0.29, 0.717) is 11.4 Å². The molecule has 0 aliphatic carbocycles. The Labute approximate surface area is 157 Å². The second-order valence-corrected chi connectivity index (χ2v) is 6.54. The summed E-state index contributed by atoms with van der Waals surface area (Å²) in [5.41, 5.74) is 2.22. The number of rotatable bonds is 3. The summed E-state index contributed by atoms with van der Waals surface area (Å²) >= 11 is 0. The van der Waals surface area contributed by atoms with Crippen LogP contribution in [0.25, 0.3) is 0 Å². The number of nitrogens with one attached hydrogen (secondary N) is 1. The third-order valence-corrected chi connectivity index (χ3v) is 4.92. The quantitative estimate of drug-likeness (QED) is 0.779. The molecule has 1 aliphatic rings. The van der Waals surface area contributed by atoms with Crippen molar-refractivity contribution in [2.24, 2.45) is 0 Å². The van der Waals surface area contributed by atoms with Crippen LogP contribution in [0.1, 0.15) is 33.4 Å². The Morgan fingerprint density at radius 1 is 0.963 bits per heavy atom. The molecule has 27 heavy (non-hydrogen) atoms. The fourth-order valence-electron chi connectivity index (χ4n) is 3.66. The first-order valence-electron chi connectivity index (χ1n) is 8.80. The van der Waals surface area contributed by atoms with Crippen LogP contribution in [0.4, 0.5) is 5.82 Å². The third-order valence-electron chi connectivity index (χ3n) is 4.92. The summed E-state index contributed by atoms with van der Waals surface area (Å²) in [7, 11) is 1.75. The zero-order valence-electron chi connectivity index (χ0n) is 14.9. The van der Waals surface area contributed by atoms with Gasteiger partial charge in [0, 0.05) is 18.8 Å². The van der Waals surface area contributed by atoms with E-state index in [-0.39, 0.29) is 11.8 Å². The molecule has 5 heteroatoms. The first-order valence-corrected chi connectivity index (χ1v) is 8.80. The maximum absolute atomic E-state index is 13.3. The van der Waals surface area contributed by atoms with Gasteiger partial charge in [0.05, 0.1) is 12.0 Å². The SMILES string of the molecule is CN1C(=O)c2ccccc2[C@H](C(=O)Nc2ccccn2)[C@H]1c1ccccc1. The van der Waals surface area contributed by atoms with Crippen molar-refractivity contribution in [2.75, 3.05) is 12.4 Å². The lowest BCUT2D eigenvalue weighted by molar-refractivity contribution is -0.119. The molecule has 2 heterocycles. The van der Waals surface area contributed by atoms with E-state index in [1.54, 1.807) is 36.3 Å². The molecule has 2 atom stereocenters. The smallest absolute Gasteiger partial charge is 0.254 e. The predicted octanol–water partition coefficient (Wildman–Crippen LogP) is 3.63. The molecule has 3 aromatic rings. The van der Waals surface area contributed by atoms with Gasteiger partial charge in [-0.1, -0.05) is 54.6 Å². The number of pyridine rings is 1. The molecule has 134 valence electrons. The normalized spacial score (nSPS) is 18.7. The number of benzene rings is 2. The van der Waals surface area contributed by atoms with E-state index >= 15 is 0 Å². The number of hydrogen-bond acceptors (Lipinski definition) is 3. The minimum absolute atomic E-state index is 0.0821. The summed E-state index contributed by atoms with van der Waals surface area (Å²) in [5, 5.41) is 2.90. The number of carbonyl (C=O) groups is 2. The Balaban J connectivity index is 1.81. The Morgan fingerprint density at radius 2 is 1.67 bits per heavy atom. The van der Waals surface area contributed by atoms with Crippen LogP contribution < -0.4 is 5.32 Å². The second kappa shape index (κ2) is 7.03. The van der Waals surface area contributed by atoms with Crippen molar-refractivity contribution in [2.45, 2.75) is 12.0 Å². The highest BCUT2D eigenvalue weighted by Gasteiger charge is 2.42. The lowest BCUT2D eigenvalue weighted by atomic mass is 9.79. The minimum Gasteiger partial charge on any atom is -0.334 e. The highest BCUT2D eigenvalue weighted by Crippen LogP contribution is 2.42. The van der Waals surface area contributed by atoms with Gasteiger partial charge >= 0.3 is 0 Å². The standard InChI is InChI=1S/C22H19N3O2/c1-25-20(15-9-3-2-4-10-15)19(16-11-5-6-12-17(16)22(25)27)21(26)24-18-13-7-8-14-23-18/h2-14,19-20H,1H3,(H,23,24,26)/t19-,20+/m0/s1. The summed E-state index contributed by atoms with van der Waals surface area (Å²) in [5.74, 6) is -0.310. The van der Waals surface area contributed by atoms with Gasteiger partial charge in [0.1, 0.15) is 5.82 Å². The van der Waals surface area contributed by atoms with E-state index in [1.165, 1.54) is 0 Å². The van der Waals surface area contributed by atoms with E-state index in [2.05, 4.69) is 10.3 Å². The summed E-state index contributed by atoms with van der Waals surface area (Å²) in [6.45, 7) is 0. The average molecular weight is 357 g/mol. The fourth-order valence-corrected chi connectivity index (χ4v) is 3.66. The zero-order chi connectivity index (χ0) is 18.8. The molecule has 1 aliphatic heterocycles. The first kappa shape index (κ1) is 17.0. The number of carbonyl (C=O) groups excluding carboxylic acids is 2. The molecule has 0 unspecified atom stereocenters. The minimum atomic E-state index is -0.534. The molecule has 1 N–H and O–H groups in total. The predicted molar refractivity (Wildman–Crippen MR) is 103 cm³/mol. The van der Waals surface area contributed by atoms with Gasteiger partial charge in [0.25, 0.3) is 5.91 Å². The van der Waals surface area contributed by atoms with Crippen LogP contribution in [0.15, 0.2) is 79.0 Å². The third kappa shape index (κ3) is 3.08. The molecule has 2 aromatic carbocycles. The number of aromatic nitrogens is 1. The Bertz CT molecular complexity index is 973. The maximum Gasteiger partial charge on any atom is 0.254 e. The molecule has 4 rings (SSSR count). The van der Waals surface area contributed by atoms with E-state index in [0.717, 1.165) is 11.1 Å². The average Bonchev–Trinajstić information content (AvgIpc) is 2.72. The Kier molecular flexibility index (Phi) is 4.42. The zero-order valence-corrected chi connectivity index (χ0v) is 14.9. The molecule has 1 aromatic heterocycles. The summed E-state index contributed by atoms with van der Waals surface area (Å²) < 4.78 is 0. The molecule has 0 fully saturated rings. The monoisotopic (exact) mass is 357 g/mol. The van der Waals surface area contributed by atoms with Gasteiger partial charge < -0.3 is 10.2 Å². The van der Waals surface area contributed by atoms with E-state index in [4.69, 9.17) is 0 Å². The van der Waals surface area contributed by atoms with Crippen LogP contribution in [0.3, 0.4) is 0 Å². The van der Waals surface area contributed by atoms with Crippen LogP contribution in [-0.4, -0.2) is 28.7 Å². The van der Waals surface area contributed by atoms with Crippen LogP contribution in [0.5, 0.6) is 0 Å². The van der Waals surface area contributed by atoms with E-state index < -0.39 is 12.0 Å². The lowest BCUT2D eigenvalue weighted by Gasteiger charge is -2.39. The highest BCUT2D eigenvalue weighted by atomic mass is 16.2. The van der Waals surface area contributed by atoms with E-state index in [1.807, 2.05) is 54.6 Å². The van der Waals surface area contributed by atoms with Crippen molar-refractivity contribution in [1.29, 1.82) is 0 Å². The Hall–Kier alpha value is -3.47. The largest absolute Gasteiger partial charge is 0.334 e. The fraction of sp³-hybridized carbons (Fsp3) is 0.136. The molecule has 0 saturated carbocycles. The number of fused-ring (bicyclic) bond motifs is 1. The number of anilines is 1. The molecule has 0 spiro atoms. The number of likely N-dealkylation sites (N-methyl/N-ethyl adjacent to an activating group) is 1. The van der Waals surface area contributed by atoms with Crippen molar-refractivity contribution in [1.82, 2.24) is 9.88 Å². The Morgan fingerprint density at radius 3 is 2.41 bits per heavy atom. The van der Waals surface area contributed by atoms with Crippen LogP contribution >= 0.6 is 0 Å². The van der Waals surface area contributed by atoms with Gasteiger partial charge in [-0.2, -0.15) is 0 Å². The molecule has 0 radical (unpaired) electrons. The number of hydrogen-bond donors (Lipinski definition) is 1. The molecule has 2 amide bonds. The van der Waals surface area contributed by atoms with E-state index in [9.17, 15) is 9.59 Å². The molecule has 0 bridgehead atoms. The van der Waals surface area contributed by atoms with Gasteiger partial charge in [0.2, 0.25) is 5.91 Å². The van der Waals surface area contributed by atoms with Gasteiger partial charge in [0.15, 0.2) is 0 Å². The maximum atomic E-state index is 13.3. The van der Waals surface area contributed by atoms with Crippen LogP contribution in [-0.2, 0) is 4.79 Å². The van der Waals surface area contributed by atoms with Crippen molar-refractivity contribution in [3.05, 3.63) is 95.7 Å². The number of amides is 2. The molecule has 5 nitrogen and oxygen atoms in total. The molecule has 0 saturated heterocycles. The summed E-state index contributed by atoms with van der Waals surface area (Å²) in [6.07, 6.45) is 1.63. The van der Waals surface area contributed by atoms with Gasteiger partial charge in [-0.15, -0.1) is 0 Å². The second-order valence-electron chi connectivity index (χ2n) is 6.54. The lowest BCUT2D eigenvalue weighted by Crippen LogP contribution is -2.44. The van der Waals surface area contributed by atoms with Crippen LogP contribution in [0, 0.1) is 0 Å². The van der Waals surface area contributed by atoms with Crippen molar-refractivity contribution in [3.8, 4) is 0 Å². The number of nitrogens with zero attached hydrogens (tertiary/aromatic N) is 2.